The SMILES string of the molecule is O=CCCCCCCCC(O)OO. The molecule has 2 N–H and O–H groups in total. The smallest absolute Gasteiger partial charge is 0.188 e. The van der Waals surface area contributed by atoms with Gasteiger partial charge in [-0.1, -0.05) is 19.3 Å². The van der Waals surface area contributed by atoms with Crippen molar-refractivity contribution in [1.82, 2.24) is 0 Å². The van der Waals surface area contributed by atoms with Crippen LogP contribution >= 0.6 is 0 Å². The Labute approximate surface area is 78.5 Å². The van der Waals surface area contributed by atoms with Crippen molar-refractivity contribution >= 4 is 6.29 Å². The third kappa shape index (κ3) is 9.46. The van der Waals surface area contributed by atoms with Crippen LogP contribution in [0, 0.1) is 0 Å². The van der Waals surface area contributed by atoms with Crippen LogP contribution in [0.2, 0.25) is 0 Å². The van der Waals surface area contributed by atoms with Gasteiger partial charge in [0.2, 0.25) is 0 Å². The quantitative estimate of drug-likeness (QED) is 0.191. The summed E-state index contributed by atoms with van der Waals surface area (Å²) in [5.74, 6) is 0. The summed E-state index contributed by atoms with van der Waals surface area (Å²) in [6, 6.07) is 0. The molecule has 0 spiro atoms. The highest BCUT2D eigenvalue weighted by molar-refractivity contribution is 5.48. The summed E-state index contributed by atoms with van der Waals surface area (Å²) in [5.41, 5.74) is 0. The van der Waals surface area contributed by atoms with E-state index in [4.69, 9.17) is 10.4 Å². The van der Waals surface area contributed by atoms with E-state index in [9.17, 15) is 4.79 Å². The van der Waals surface area contributed by atoms with Gasteiger partial charge in [-0.2, -0.15) is 0 Å². The van der Waals surface area contributed by atoms with Gasteiger partial charge in [0, 0.05) is 12.8 Å². The van der Waals surface area contributed by atoms with Crippen LogP contribution in [-0.4, -0.2) is 22.9 Å². The van der Waals surface area contributed by atoms with E-state index in [0.29, 0.717) is 12.8 Å². The van der Waals surface area contributed by atoms with Gasteiger partial charge in [-0.05, 0) is 12.8 Å². The van der Waals surface area contributed by atoms with Gasteiger partial charge >= 0.3 is 0 Å². The maximum absolute atomic E-state index is 9.94. The molecule has 1 unspecified atom stereocenters. The lowest BCUT2D eigenvalue weighted by atomic mass is 10.1. The molecule has 0 aliphatic carbocycles. The average Bonchev–Trinajstić information content (AvgIpc) is 2.16. The first-order chi connectivity index (χ1) is 6.31. The fraction of sp³-hybridized carbons (Fsp3) is 0.889. The van der Waals surface area contributed by atoms with Gasteiger partial charge in [0.05, 0.1) is 0 Å². The van der Waals surface area contributed by atoms with Crippen molar-refractivity contribution in [2.45, 2.75) is 51.2 Å². The van der Waals surface area contributed by atoms with Gasteiger partial charge in [0.25, 0.3) is 0 Å². The average molecular weight is 190 g/mol. The Balaban J connectivity index is 2.95. The Morgan fingerprint density at radius 2 is 1.77 bits per heavy atom. The van der Waals surface area contributed by atoms with E-state index in [1.165, 1.54) is 0 Å². The van der Waals surface area contributed by atoms with E-state index in [2.05, 4.69) is 4.89 Å². The van der Waals surface area contributed by atoms with E-state index in [-0.39, 0.29) is 0 Å². The molecule has 4 nitrogen and oxygen atoms in total. The van der Waals surface area contributed by atoms with Crippen molar-refractivity contribution in [3.63, 3.8) is 0 Å². The van der Waals surface area contributed by atoms with Gasteiger partial charge in [-0.15, -0.1) is 0 Å². The Morgan fingerprint density at radius 1 is 1.15 bits per heavy atom. The zero-order valence-corrected chi connectivity index (χ0v) is 7.82. The molecule has 0 amide bonds. The second-order valence-electron chi connectivity index (χ2n) is 3.07. The fourth-order valence-corrected chi connectivity index (χ4v) is 1.13. The first-order valence-corrected chi connectivity index (χ1v) is 4.73. The molecule has 78 valence electrons. The lowest BCUT2D eigenvalue weighted by Gasteiger charge is -2.05. The summed E-state index contributed by atoms with van der Waals surface area (Å²) in [6.07, 6.45) is 5.89. The third-order valence-corrected chi connectivity index (χ3v) is 1.89. The number of aldehydes is 1. The molecule has 0 saturated carbocycles. The highest BCUT2D eigenvalue weighted by Crippen LogP contribution is 2.08. The maximum atomic E-state index is 9.94. The van der Waals surface area contributed by atoms with Crippen LogP contribution in [0.25, 0.3) is 0 Å². The number of carbonyl (C=O) groups is 1. The van der Waals surface area contributed by atoms with Crippen molar-refractivity contribution in [3.05, 3.63) is 0 Å². The summed E-state index contributed by atoms with van der Waals surface area (Å²) in [4.78, 5) is 13.6. The second-order valence-corrected chi connectivity index (χ2v) is 3.07. The molecule has 0 aliphatic rings. The highest BCUT2D eigenvalue weighted by Gasteiger charge is 2.01. The minimum Gasteiger partial charge on any atom is -0.366 e. The molecule has 0 radical (unpaired) electrons. The van der Waals surface area contributed by atoms with Gasteiger partial charge in [0.15, 0.2) is 6.29 Å². The van der Waals surface area contributed by atoms with Crippen LogP contribution in [0.3, 0.4) is 0 Å². The van der Waals surface area contributed by atoms with Crippen molar-refractivity contribution in [3.8, 4) is 0 Å². The van der Waals surface area contributed by atoms with Crippen LogP contribution < -0.4 is 0 Å². The van der Waals surface area contributed by atoms with Crippen LogP contribution in [0.4, 0.5) is 0 Å². The number of hydrogen-bond donors (Lipinski definition) is 2. The van der Waals surface area contributed by atoms with Crippen LogP contribution in [0.15, 0.2) is 0 Å². The lowest BCUT2D eigenvalue weighted by Crippen LogP contribution is -2.08. The van der Waals surface area contributed by atoms with E-state index in [1.807, 2.05) is 0 Å². The Hall–Kier alpha value is -0.450. The number of rotatable bonds is 9. The molecule has 4 heteroatoms. The number of unbranched alkanes of at least 4 members (excludes halogenated alkanes) is 5. The molecule has 0 saturated heterocycles. The minimum atomic E-state index is -1.05. The lowest BCUT2D eigenvalue weighted by molar-refractivity contribution is -0.335. The summed E-state index contributed by atoms with van der Waals surface area (Å²) in [7, 11) is 0. The molecule has 0 aromatic rings. The standard InChI is InChI=1S/C9H18O4/c10-8-6-4-2-1-3-5-7-9(11)13-12/h8-9,11-12H,1-7H2. The number of hydrogen-bond acceptors (Lipinski definition) is 4. The Kier molecular flexibility index (Phi) is 9.30. The second kappa shape index (κ2) is 9.64. The third-order valence-electron chi connectivity index (χ3n) is 1.89. The minimum absolute atomic E-state index is 0.462. The molecule has 0 rings (SSSR count). The molecule has 0 heterocycles. The number of aliphatic hydroxyl groups excluding tert-OH is 1. The summed E-state index contributed by atoms with van der Waals surface area (Å²) < 4.78 is 0. The molecular formula is C9H18O4. The van der Waals surface area contributed by atoms with Gasteiger partial charge in [0.1, 0.15) is 6.29 Å². The summed E-state index contributed by atoms with van der Waals surface area (Å²) in [6.45, 7) is 0. The molecule has 1 atom stereocenters. The molecular weight excluding hydrogens is 172 g/mol. The van der Waals surface area contributed by atoms with E-state index < -0.39 is 6.29 Å². The number of carbonyl (C=O) groups excluding carboxylic acids is 1. The Morgan fingerprint density at radius 3 is 2.38 bits per heavy atom. The maximum Gasteiger partial charge on any atom is 0.188 e. The summed E-state index contributed by atoms with van der Waals surface area (Å²) in [5, 5.41) is 16.8. The topological polar surface area (TPSA) is 66.8 Å². The molecule has 0 aliphatic heterocycles. The monoisotopic (exact) mass is 190 g/mol. The largest absolute Gasteiger partial charge is 0.366 e. The van der Waals surface area contributed by atoms with Crippen molar-refractivity contribution in [2.24, 2.45) is 0 Å². The van der Waals surface area contributed by atoms with Gasteiger partial charge < -0.3 is 9.90 Å². The van der Waals surface area contributed by atoms with Gasteiger partial charge in [-0.3, -0.25) is 0 Å². The predicted octanol–water partition coefficient (Wildman–Crippen LogP) is 1.72. The van der Waals surface area contributed by atoms with Gasteiger partial charge in [-0.25, -0.2) is 10.1 Å². The zero-order valence-electron chi connectivity index (χ0n) is 7.82. The molecule has 0 aromatic heterocycles. The van der Waals surface area contributed by atoms with E-state index in [1.54, 1.807) is 0 Å². The summed E-state index contributed by atoms with van der Waals surface area (Å²) >= 11 is 0. The number of aliphatic hydroxyl groups is 1. The first kappa shape index (κ1) is 12.6. The van der Waals surface area contributed by atoms with Crippen LogP contribution in [-0.2, 0) is 9.68 Å². The molecule has 0 aromatic carbocycles. The van der Waals surface area contributed by atoms with E-state index in [0.717, 1.165) is 38.4 Å². The molecule has 13 heavy (non-hydrogen) atoms. The van der Waals surface area contributed by atoms with E-state index >= 15 is 0 Å². The normalized spacial score (nSPS) is 12.8. The molecule has 0 fully saturated rings. The molecule has 0 bridgehead atoms. The van der Waals surface area contributed by atoms with Crippen molar-refractivity contribution in [1.29, 1.82) is 0 Å². The predicted molar refractivity (Wildman–Crippen MR) is 48.1 cm³/mol. The van der Waals surface area contributed by atoms with Crippen LogP contribution in [0.1, 0.15) is 44.9 Å². The zero-order chi connectivity index (χ0) is 9.94. The fourth-order valence-electron chi connectivity index (χ4n) is 1.13. The van der Waals surface area contributed by atoms with Crippen molar-refractivity contribution in [2.75, 3.05) is 0 Å². The first-order valence-electron chi connectivity index (χ1n) is 4.73. The highest BCUT2D eigenvalue weighted by atomic mass is 17.1. The van der Waals surface area contributed by atoms with Crippen molar-refractivity contribution < 1.29 is 20.0 Å². The Bertz CT molecular complexity index is 116. The van der Waals surface area contributed by atoms with Crippen LogP contribution in [0.5, 0.6) is 0 Å².